The zero-order valence-electron chi connectivity index (χ0n) is 6.51. The van der Waals surface area contributed by atoms with Crippen LogP contribution in [0.15, 0.2) is 30.3 Å². The first kappa shape index (κ1) is 12.5. The quantitative estimate of drug-likeness (QED) is 0.431. The molecular weight excluding hydrogens is 173 g/mol. The second-order valence-electron chi connectivity index (χ2n) is 1.58. The van der Waals surface area contributed by atoms with Crippen molar-refractivity contribution in [3.8, 4) is 0 Å². The van der Waals surface area contributed by atoms with E-state index in [4.69, 9.17) is 0 Å². The van der Waals surface area contributed by atoms with Gasteiger partial charge in [-0.05, 0) is 0 Å². The molecule has 0 radical (unpaired) electrons. The summed E-state index contributed by atoms with van der Waals surface area (Å²) in [7, 11) is 0. The van der Waals surface area contributed by atoms with E-state index in [1.807, 2.05) is 37.3 Å². The Morgan fingerprint density at radius 3 is 1.70 bits per heavy atom. The molecule has 0 atom stereocenters. The maximum Gasteiger partial charge on any atom is 2.00 e. The van der Waals surface area contributed by atoms with Gasteiger partial charge >= 0.3 is 19.5 Å². The Morgan fingerprint density at radius 2 is 1.60 bits per heavy atom. The summed E-state index contributed by atoms with van der Waals surface area (Å²) in [6.45, 7) is 5.50. The molecule has 0 N–H and O–H groups in total. The van der Waals surface area contributed by atoms with Gasteiger partial charge in [0.05, 0.1) is 0 Å². The van der Waals surface area contributed by atoms with Crippen LogP contribution in [0.25, 0.3) is 0 Å². The van der Waals surface area contributed by atoms with Crippen molar-refractivity contribution in [1.82, 2.24) is 0 Å². The van der Waals surface area contributed by atoms with Crippen LogP contribution in [0.3, 0.4) is 0 Å². The van der Waals surface area contributed by atoms with Crippen LogP contribution in [-0.2, 0) is 19.5 Å². The van der Waals surface area contributed by atoms with E-state index in [0.29, 0.717) is 0 Å². The number of benzene rings is 1. The molecule has 0 spiro atoms. The summed E-state index contributed by atoms with van der Waals surface area (Å²) in [5.41, 5.74) is 0. The number of hydrogen-bond acceptors (Lipinski definition) is 0. The summed E-state index contributed by atoms with van der Waals surface area (Å²) in [5, 5.41) is 0. The third-order valence-corrected chi connectivity index (χ3v) is 0.607. The molecule has 0 aliphatic rings. The molecule has 0 fully saturated rings. The number of rotatable bonds is 0. The zero-order valence-corrected chi connectivity index (χ0v) is 9.48. The Labute approximate surface area is 76.4 Å². The van der Waals surface area contributed by atoms with E-state index in [0.717, 1.165) is 6.42 Å². The second-order valence-corrected chi connectivity index (χ2v) is 1.58. The first-order valence-corrected chi connectivity index (χ1v) is 3.12. The molecule has 0 nitrogen and oxygen atoms in total. The predicted molar refractivity (Wildman–Crippen MR) is 40.9 cm³/mol. The third-order valence-electron chi connectivity index (χ3n) is 0.607. The minimum absolute atomic E-state index is 0. The van der Waals surface area contributed by atoms with Crippen LogP contribution in [0.5, 0.6) is 0 Å². The average Bonchev–Trinajstić information content (AvgIpc) is 1.93. The standard InChI is InChI=1S/C6H5.C3H7.Zn/c1-2-4-6-5-3-1;1-3-2;/h1-5H;1,3H2,2H3;/q2*-1;+2. The zero-order chi connectivity index (χ0) is 6.95. The largest absolute Gasteiger partial charge is 2.00 e. The van der Waals surface area contributed by atoms with Crippen molar-refractivity contribution in [1.29, 1.82) is 0 Å². The molecule has 50 valence electrons. The molecule has 0 aliphatic carbocycles. The SMILES string of the molecule is [CH2-]CC.[Zn+2].[c-]1ccccc1. The molecule has 0 unspecified atom stereocenters. The summed E-state index contributed by atoms with van der Waals surface area (Å²) in [4.78, 5) is 0. The van der Waals surface area contributed by atoms with E-state index in [-0.39, 0.29) is 19.5 Å². The summed E-state index contributed by atoms with van der Waals surface area (Å²) >= 11 is 0. The first-order valence-electron chi connectivity index (χ1n) is 3.12. The van der Waals surface area contributed by atoms with Gasteiger partial charge in [-0.25, -0.2) is 0 Å². The summed E-state index contributed by atoms with van der Waals surface area (Å²) < 4.78 is 0. The van der Waals surface area contributed by atoms with Gasteiger partial charge in [-0.1, -0.05) is 6.92 Å². The van der Waals surface area contributed by atoms with Crippen molar-refractivity contribution in [2.75, 3.05) is 0 Å². The maximum absolute atomic E-state index is 3.49. The molecule has 10 heavy (non-hydrogen) atoms. The van der Waals surface area contributed by atoms with E-state index in [1.165, 1.54) is 0 Å². The van der Waals surface area contributed by atoms with Gasteiger partial charge in [0.25, 0.3) is 0 Å². The topological polar surface area (TPSA) is 0 Å². The van der Waals surface area contributed by atoms with Gasteiger partial charge in [-0.15, -0.1) is 0 Å². The fourth-order valence-corrected chi connectivity index (χ4v) is 0.342. The molecule has 0 aliphatic heterocycles. The minimum atomic E-state index is 0. The van der Waals surface area contributed by atoms with Crippen LogP contribution in [-0.4, -0.2) is 0 Å². The van der Waals surface area contributed by atoms with Crippen molar-refractivity contribution >= 4 is 0 Å². The minimum Gasteiger partial charge on any atom is -0.344 e. The Balaban J connectivity index is 0. The molecule has 0 amide bonds. The Morgan fingerprint density at radius 1 is 1.20 bits per heavy atom. The molecule has 0 aromatic heterocycles. The van der Waals surface area contributed by atoms with Gasteiger partial charge in [-0.2, -0.15) is 42.8 Å². The molecule has 0 saturated carbocycles. The van der Waals surface area contributed by atoms with Gasteiger partial charge in [0.2, 0.25) is 0 Å². The first-order chi connectivity index (χ1) is 4.41. The van der Waals surface area contributed by atoms with Crippen LogP contribution >= 0.6 is 0 Å². The molecule has 1 heteroatoms. The van der Waals surface area contributed by atoms with Crippen LogP contribution < -0.4 is 0 Å². The number of hydrogen-bond donors (Lipinski definition) is 0. The van der Waals surface area contributed by atoms with Crippen LogP contribution in [0.2, 0.25) is 0 Å². The fourth-order valence-electron chi connectivity index (χ4n) is 0.342. The van der Waals surface area contributed by atoms with Gasteiger partial charge in [0.15, 0.2) is 0 Å². The summed E-state index contributed by atoms with van der Waals surface area (Å²) in [6, 6.07) is 12.5. The van der Waals surface area contributed by atoms with E-state index in [9.17, 15) is 0 Å². The third kappa shape index (κ3) is 10.8. The van der Waals surface area contributed by atoms with Crippen LogP contribution in [0, 0.1) is 13.0 Å². The van der Waals surface area contributed by atoms with Crippen molar-refractivity contribution in [3.05, 3.63) is 43.3 Å². The van der Waals surface area contributed by atoms with Crippen molar-refractivity contribution in [2.24, 2.45) is 0 Å². The molecule has 0 bridgehead atoms. The van der Waals surface area contributed by atoms with Gasteiger partial charge in [0.1, 0.15) is 0 Å². The molecule has 0 heterocycles. The van der Waals surface area contributed by atoms with Gasteiger partial charge < -0.3 is 6.92 Å². The van der Waals surface area contributed by atoms with E-state index >= 15 is 0 Å². The fraction of sp³-hybridized carbons (Fsp3) is 0.222. The summed E-state index contributed by atoms with van der Waals surface area (Å²) in [5.74, 6) is 0. The van der Waals surface area contributed by atoms with Crippen molar-refractivity contribution in [3.63, 3.8) is 0 Å². The Hall–Kier alpha value is -0.157. The Bertz CT molecular complexity index is 87.6. The van der Waals surface area contributed by atoms with Gasteiger partial charge in [0, 0.05) is 0 Å². The second kappa shape index (κ2) is 11.6. The molecule has 1 aromatic rings. The van der Waals surface area contributed by atoms with E-state index in [2.05, 4.69) is 13.0 Å². The van der Waals surface area contributed by atoms with Crippen LogP contribution in [0.4, 0.5) is 0 Å². The van der Waals surface area contributed by atoms with Crippen molar-refractivity contribution in [2.45, 2.75) is 13.3 Å². The molecule has 1 aromatic carbocycles. The molecule has 0 saturated heterocycles. The predicted octanol–water partition coefficient (Wildman–Crippen LogP) is 2.71. The van der Waals surface area contributed by atoms with Crippen LogP contribution in [0.1, 0.15) is 13.3 Å². The summed E-state index contributed by atoms with van der Waals surface area (Å²) in [6.07, 6.45) is 1.00. The average molecular weight is 186 g/mol. The monoisotopic (exact) mass is 184 g/mol. The normalized spacial score (nSPS) is 6.60. The van der Waals surface area contributed by atoms with E-state index in [1.54, 1.807) is 0 Å². The van der Waals surface area contributed by atoms with Crippen molar-refractivity contribution < 1.29 is 19.5 Å². The maximum atomic E-state index is 3.49. The van der Waals surface area contributed by atoms with Gasteiger partial charge in [-0.3, -0.25) is 0 Å². The Kier molecular flexibility index (Phi) is 14.5. The molecule has 1 rings (SSSR count). The smallest absolute Gasteiger partial charge is 0.344 e. The molecular formula is C9H12Zn. The van der Waals surface area contributed by atoms with E-state index < -0.39 is 0 Å².